The van der Waals surface area contributed by atoms with Gasteiger partial charge in [-0.15, -0.1) is 0 Å². The Morgan fingerprint density at radius 1 is 0.708 bits per heavy atom. The first-order valence-electron chi connectivity index (χ1n) is 10.2. The largest absolute Gasteiger partial charge is 0.491 e. The first-order chi connectivity index (χ1) is 11.9. The summed E-state index contributed by atoms with van der Waals surface area (Å²) in [4.78, 5) is 0. The van der Waals surface area contributed by atoms with Crippen LogP contribution in [-0.2, 0) is 4.43 Å². The van der Waals surface area contributed by atoms with E-state index in [2.05, 4.69) is 13.8 Å². The molecule has 1 atom stereocenters. The summed E-state index contributed by atoms with van der Waals surface area (Å²) in [6, 6.07) is 12.7. The van der Waals surface area contributed by atoms with Crippen molar-refractivity contribution >= 4 is 9.04 Å². The summed E-state index contributed by atoms with van der Waals surface area (Å²) < 4.78 is 11.9. The fraction of sp³-hybridized carbons (Fsp3) is 0.714. The van der Waals surface area contributed by atoms with E-state index in [-0.39, 0.29) is 0 Å². The SMILES string of the molecule is CCCCCCCCCC[SiH](CCC)OCCOc1ccccc1. The first kappa shape index (κ1) is 21.2. The molecule has 3 heteroatoms. The zero-order chi connectivity index (χ0) is 17.3. The van der Waals surface area contributed by atoms with Crippen LogP contribution in [-0.4, -0.2) is 22.3 Å². The molecule has 0 saturated heterocycles. The Kier molecular flexibility index (Phi) is 13.9. The molecule has 0 aliphatic carbocycles. The molecule has 1 aromatic rings. The predicted octanol–water partition coefficient (Wildman–Crippen LogP) is 6.36. The minimum atomic E-state index is -1.01. The van der Waals surface area contributed by atoms with Crippen molar-refractivity contribution < 1.29 is 9.16 Å². The highest BCUT2D eigenvalue weighted by molar-refractivity contribution is 6.51. The Hall–Kier alpha value is -0.803. The van der Waals surface area contributed by atoms with Crippen molar-refractivity contribution in [2.45, 2.75) is 83.7 Å². The van der Waals surface area contributed by atoms with Gasteiger partial charge >= 0.3 is 0 Å². The Morgan fingerprint density at radius 2 is 1.38 bits per heavy atom. The molecule has 0 radical (unpaired) electrons. The van der Waals surface area contributed by atoms with Gasteiger partial charge in [-0.1, -0.05) is 89.8 Å². The lowest BCUT2D eigenvalue weighted by atomic mass is 10.1. The Morgan fingerprint density at radius 3 is 2.04 bits per heavy atom. The van der Waals surface area contributed by atoms with E-state index < -0.39 is 9.04 Å². The van der Waals surface area contributed by atoms with Gasteiger partial charge in [0, 0.05) is 0 Å². The summed E-state index contributed by atoms with van der Waals surface area (Å²) in [6.07, 6.45) is 12.5. The number of rotatable bonds is 16. The second-order valence-corrected chi connectivity index (χ2v) is 9.44. The average Bonchev–Trinajstić information content (AvgIpc) is 2.61. The van der Waals surface area contributed by atoms with Crippen molar-refractivity contribution in [2.75, 3.05) is 13.2 Å². The van der Waals surface area contributed by atoms with E-state index in [9.17, 15) is 0 Å². The molecule has 0 aliphatic heterocycles. The van der Waals surface area contributed by atoms with Gasteiger partial charge in [-0.05, 0) is 24.2 Å². The van der Waals surface area contributed by atoms with Crippen molar-refractivity contribution in [3.63, 3.8) is 0 Å². The van der Waals surface area contributed by atoms with Gasteiger partial charge < -0.3 is 9.16 Å². The minimum Gasteiger partial charge on any atom is -0.491 e. The van der Waals surface area contributed by atoms with Crippen LogP contribution in [0.3, 0.4) is 0 Å². The molecule has 0 saturated carbocycles. The zero-order valence-corrected chi connectivity index (χ0v) is 17.1. The molecule has 0 aliphatic rings. The van der Waals surface area contributed by atoms with Crippen molar-refractivity contribution in [3.05, 3.63) is 30.3 Å². The van der Waals surface area contributed by atoms with Crippen LogP contribution < -0.4 is 4.74 Å². The van der Waals surface area contributed by atoms with E-state index in [1.807, 2.05) is 30.3 Å². The molecule has 0 N–H and O–H groups in total. The van der Waals surface area contributed by atoms with E-state index in [4.69, 9.17) is 9.16 Å². The maximum absolute atomic E-state index is 6.18. The highest BCUT2D eigenvalue weighted by Crippen LogP contribution is 2.14. The fourth-order valence-electron chi connectivity index (χ4n) is 3.03. The molecule has 0 aromatic heterocycles. The smallest absolute Gasteiger partial charge is 0.177 e. The molecule has 0 bridgehead atoms. The maximum Gasteiger partial charge on any atom is 0.177 e. The van der Waals surface area contributed by atoms with E-state index in [0.29, 0.717) is 6.61 Å². The summed E-state index contributed by atoms with van der Waals surface area (Å²) in [5, 5.41) is 0. The number of hydrogen-bond donors (Lipinski definition) is 0. The molecule has 1 aromatic carbocycles. The van der Waals surface area contributed by atoms with Crippen LogP contribution in [0.2, 0.25) is 12.1 Å². The number of benzene rings is 1. The average molecular weight is 351 g/mol. The molecule has 1 rings (SSSR count). The van der Waals surface area contributed by atoms with E-state index >= 15 is 0 Å². The highest BCUT2D eigenvalue weighted by Gasteiger charge is 2.10. The van der Waals surface area contributed by atoms with Crippen LogP contribution in [0, 0.1) is 0 Å². The van der Waals surface area contributed by atoms with Crippen molar-refractivity contribution in [1.29, 1.82) is 0 Å². The van der Waals surface area contributed by atoms with E-state index in [1.165, 1.54) is 69.9 Å². The van der Waals surface area contributed by atoms with Crippen LogP contribution >= 0.6 is 0 Å². The van der Waals surface area contributed by atoms with Crippen LogP contribution in [0.15, 0.2) is 30.3 Å². The molecule has 0 fully saturated rings. The molecular formula is C21H38O2Si. The molecule has 0 spiro atoms. The van der Waals surface area contributed by atoms with Gasteiger partial charge in [-0.3, -0.25) is 0 Å². The van der Waals surface area contributed by atoms with Gasteiger partial charge in [0.2, 0.25) is 0 Å². The second kappa shape index (κ2) is 15.7. The van der Waals surface area contributed by atoms with E-state index in [1.54, 1.807) is 0 Å². The molecule has 2 nitrogen and oxygen atoms in total. The Balaban J connectivity index is 2.02. The summed E-state index contributed by atoms with van der Waals surface area (Å²) in [7, 11) is -1.01. The molecular weight excluding hydrogens is 312 g/mol. The molecule has 0 amide bonds. The van der Waals surface area contributed by atoms with Gasteiger partial charge in [-0.25, -0.2) is 0 Å². The monoisotopic (exact) mass is 350 g/mol. The standard InChI is InChI=1S/C21H38O2Si/c1-3-5-6-7-8-9-10-14-20-24(19-4-2)23-18-17-22-21-15-12-11-13-16-21/h11-13,15-16,24H,3-10,14,17-20H2,1-2H3. The van der Waals surface area contributed by atoms with Crippen molar-refractivity contribution in [3.8, 4) is 5.75 Å². The van der Waals surface area contributed by atoms with Gasteiger partial charge in [0.25, 0.3) is 0 Å². The van der Waals surface area contributed by atoms with Crippen LogP contribution in [0.25, 0.3) is 0 Å². The van der Waals surface area contributed by atoms with Crippen molar-refractivity contribution in [1.82, 2.24) is 0 Å². The Bertz CT molecular complexity index is 369. The van der Waals surface area contributed by atoms with Gasteiger partial charge in [0.1, 0.15) is 12.4 Å². The highest BCUT2D eigenvalue weighted by atomic mass is 28.3. The molecule has 1 unspecified atom stereocenters. The number of ether oxygens (including phenoxy) is 1. The number of unbranched alkanes of at least 4 members (excludes halogenated alkanes) is 7. The number of para-hydroxylation sites is 1. The lowest BCUT2D eigenvalue weighted by Crippen LogP contribution is -2.21. The third-order valence-corrected chi connectivity index (χ3v) is 7.42. The summed E-state index contributed by atoms with van der Waals surface area (Å²) in [6.45, 7) is 5.98. The molecule has 24 heavy (non-hydrogen) atoms. The number of hydrogen-bond acceptors (Lipinski definition) is 2. The minimum absolute atomic E-state index is 0.675. The van der Waals surface area contributed by atoms with Crippen LogP contribution in [0.5, 0.6) is 5.75 Å². The second-order valence-electron chi connectivity index (χ2n) is 6.71. The van der Waals surface area contributed by atoms with Gasteiger partial charge in [0.05, 0.1) is 6.61 Å². The van der Waals surface area contributed by atoms with Crippen LogP contribution in [0.1, 0.15) is 71.6 Å². The lowest BCUT2D eigenvalue weighted by Gasteiger charge is -2.16. The van der Waals surface area contributed by atoms with E-state index in [0.717, 1.165) is 12.4 Å². The third-order valence-electron chi connectivity index (χ3n) is 4.44. The maximum atomic E-state index is 6.18. The summed E-state index contributed by atoms with van der Waals surface area (Å²) >= 11 is 0. The van der Waals surface area contributed by atoms with Crippen molar-refractivity contribution in [2.24, 2.45) is 0 Å². The molecule has 0 heterocycles. The topological polar surface area (TPSA) is 18.5 Å². The molecule has 138 valence electrons. The van der Waals surface area contributed by atoms with Gasteiger partial charge in [0.15, 0.2) is 9.04 Å². The normalized spacial score (nSPS) is 12.2. The van der Waals surface area contributed by atoms with Gasteiger partial charge in [-0.2, -0.15) is 0 Å². The predicted molar refractivity (Wildman–Crippen MR) is 108 cm³/mol. The van der Waals surface area contributed by atoms with Crippen LogP contribution in [0.4, 0.5) is 0 Å². The summed E-state index contributed by atoms with van der Waals surface area (Å²) in [5.41, 5.74) is 0. The first-order valence-corrected chi connectivity index (χ1v) is 12.3. The summed E-state index contributed by atoms with van der Waals surface area (Å²) in [5.74, 6) is 0.942. The third kappa shape index (κ3) is 11.7. The Labute approximate surface area is 151 Å². The zero-order valence-electron chi connectivity index (χ0n) is 16.0. The lowest BCUT2D eigenvalue weighted by molar-refractivity contribution is 0.215. The fourth-order valence-corrected chi connectivity index (χ4v) is 5.47. The quantitative estimate of drug-likeness (QED) is 0.255.